The van der Waals surface area contributed by atoms with Gasteiger partial charge < -0.3 is 15.3 Å². The van der Waals surface area contributed by atoms with E-state index in [1.165, 1.54) is 51.4 Å². The van der Waals surface area contributed by atoms with E-state index in [-0.39, 0.29) is 6.54 Å². The number of carbonyl (C=O) groups is 3. The van der Waals surface area contributed by atoms with Crippen LogP contribution in [0.2, 0.25) is 0 Å². The molecule has 7 heteroatoms. The molecule has 0 rings (SSSR count). The fraction of sp³-hybridized carbons (Fsp3) is 0.773. The highest BCUT2D eigenvalue weighted by molar-refractivity contribution is 5.73. The van der Waals surface area contributed by atoms with Gasteiger partial charge in [0.15, 0.2) is 19.6 Å². The van der Waals surface area contributed by atoms with Crippen LogP contribution in [0.1, 0.15) is 84.0 Å². The van der Waals surface area contributed by atoms with Crippen molar-refractivity contribution < 1.29 is 34.2 Å². The van der Waals surface area contributed by atoms with Gasteiger partial charge in [-0.25, -0.2) is 14.4 Å². The fourth-order valence-electron chi connectivity index (χ4n) is 3.62. The van der Waals surface area contributed by atoms with Crippen molar-refractivity contribution in [1.29, 1.82) is 0 Å². The van der Waals surface area contributed by atoms with E-state index in [9.17, 15) is 14.4 Å². The van der Waals surface area contributed by atoms with E-state index in [2.05, 4.69) is 13.0 Å². The number of carboxylic acids is 3. The lowest BCUT2D eigenvalue weighted by Crippen LogP contribution is -2.57. The second kappa shape index (κ2) is 17.0. The van der Waals surface area contributed by atoms with Crippen LogP contribution in [0.4, 0.5) is 0 Å². The third-order valence-electron chi connectivity index (χ3n) is 5.06. The Kier molecular flexibility index (Phi) is 15.9. The first kappa shape index (κ1) is 27.1. The molecular formula is C22H40NO6+. The Morgan fingerprint density at radius 3 is 1.41 bits per heavy atom. The highest BCUT2D eigenvalue weighted by atomic mass is 16.4. The number of allylic oxidation sites excluding steroid dienone is 2. The second-order valence-corrected chi connectivity index (χ2v) is 7.95. The molecule has 168 valence electrons. The summed E-state index contributed by atoms with van der Waals surface area (Å²) < 4.78 is -0.466. The zero-order valence-electron chi connectivity index (χ0n) is 18.0. The third kappa shape index (κ3) is 16.7. The molecule has 29 heavy (non-hydrogen) atoms. The minimum absolute atomic E-state index is 0.216. The normalized spacial score (nSPS) is 11.8. The van der Waals surface area contributed by atoms with Gasteiger partial charge >= 0.3 is 17.9 Å². The quantitative estimate of drug-likeness (QED) is 0.155. The molecule has 0 aromatic rings. The van der Waals surface area contributed by atoms with Crippen LogP contribution >= 0.6 is 0 Å². The summed E-state index contributed by atoms with van der Waals surface area (Å²) in [5.74, 6) is -3.56. The van der Waals surface area contributed by atoms with Crippen LogP contribution < -0.4 is 0 Å². The van der Waals surface area contributed by atoms with Gasteiger partial charge in [0.05, 0.1) is 6.54 Å². The predicted molar refractivity (Wildman–Crippen MR) is 113 cm³/mol. The Hall–Kier alpha value is -1.89. The maximum absolute atomic E-state index is 11.1. The summed E-state index contributed by atoms with van der Waals surface area (Å²) in [6, 6.07) is 0. The Bertz CT molecular complexity index is 463. The third-order valence-corrected chi connectivity index (χ3v) is 5.06. The largest absolute Gasteiger partial charge is 0.477 e. The van der Waals surface area contributed by atoms with Crippen LogP contribution in [0.5, 0.6) is 0 Å². The molecule has 0 saturated carbocycles. The highest BCUT2D eigenvalue weighted by Crippen LogP contribution is 2.12. The van der Waals surface area contributed by atoms with Gasteiger partial charge in [0.2, 0.25) is 0 Å². The highest BCUT2D eigenvalue weighted by Gasteiger charge is 2.35. The molecule has 0 atom stereocenters. The summed E-state index contributed by atoms with van der Waals surface area (Å²) >= 11 is 0. The van der Waals surface area contributed by atoms with Gasteiger partial charge in [-0.15, -0.1) is 0 Å². The van der Waals surface area contributed by atoms with E-state index in [1.807, 2.05) is 6.08 Å². The summed E-state index contributed by atoms with van der Waals surface area (Å²) in [7, 11) is 0. The van der Waals surface area contributed by atoms with Crippen molar-refractivity contribution in [3.8, 4) is 0 Å². The van der Waals surface area contributed by atoms with Crippen LogP contribution in [0.15, 0.2) is 12.2 Å². The Balaban J connectivity index is 4.07. The molecule has 0 amide bonds. The molecule has 0 saturated heterocycles. The zero-order chi connectivity index (χ0) is 22.0. The van der Waals surface area contributed by atoms with Crippen molar-refractivity contribution in [2.45, 2.75) is 84.0 Å². The maximum atomic E-state index is 11.1. The predicted octanol–water partition coefficient (Wildman–Crippen LogP) is 4.31. The molecule has 0 aliphatic heterocycles. The van der Waals surface area contributed by atoms with E-state index in [4.69, 9.17) is 15.3 Å². The molecule has 0 aromatic carbocycles. The summed E-state index contributed by atoms with van der Waals surface area (Å²) in [5.41, 5.74) is 0. The summed E-state index contributed by atoms with van der Waals surface area (Å²) in [4.78, 5) is 33.3. The topological polar surface area (TPSA) is 112 Å². The molecule has 3 N–H and O–H groups in total. The van der Waals surface area contributed by atoms with Crippen molar-refractivity contribution in [2.24, 2.45) is 0 Å². The van der Waals surface area contributed by atoms with Crippen LogP contribution in [-0.4, -0.2) is 63.9 Å². The van der Waals surface area contributed by atoms with Crippen LogP contribution in [-0.2, 0) is 14.4 Å². The van der Waals surface area contributed by atoms with Gasteiger partial charge in [0.1, 0.15) is 0 Å². The number of hydrogen-bond acceptors (Lipinski definition) is 3. The lowest BCUT2D eigenvalue weighted by molar-refractivity contribution is -0.907. The first-order valence-electron chi connectivity index (χ1n) is 11.0. The monoisotopic (exact) mass is 414 g/mol. The van der Waals surface area contributed by atoms with E-state index in [1.54, 1.807) is 0 Å². The maximum Gasteiger partial charge on any atom is 0.359 e. The van der Waals surface area contributed by atoms with Crippen LogP contribution in [0.3, 0.4) is 0 Å². The molecule has 0 unspecified atom stereocenters. The minimum Gasteiger partial charge on any atom is -0.477 e. The van der Waals surface area contributed by atoms with Gasteiger partial charge in [0.25, 0.3) is 0 Å². The number of rotatable bonds is 20. The summed E-state index contributed by atoms with van der Waals surface area (Å²) in [5, 5.41) is 27.2. The molecule has 0 aliphatic carbocycles. The molecule has 0 fully saturated rings. The number of nitrogens with zero attached hydrogens (tertiary/aromatic N) is 1. The van der Waals surface area contributed by atoms with E-state index < -0.39 is 42.0 Å². The van der Waals surface area contributed by atoms with Crippen molar-refractivity contribution in [2.75, 3.05) is 26.2 Å². The average Bonchev–Trinajstić information content (AvgIpc) is 2.60. The smallest absolute Gasteiger partial charge is 0.359 e. The SMILES string of the molecule is CCCCCCCCCCC/C=C/CCC[N+](CC(=O)O)(CC(=O)O)CC(=O)O. The number of aliphatic carboxylic acids is 3. The van der Waals surface area contributed by atoms with Crippen LogP contribution in [0.25, 0.3) is 0 Å². The van der Waals surface area contributed by atoms with E-state index in [0.29, 0.717) is 12.8 Å². The first-order valence-corrected chi connectivity index (χ1v) is 11.0. The second-order valence-electron chi connectivity index (χ2n) is 7.95. The molecule has 0 heterocycles. The lowest BCUT2D eigenvalue weighted by atomic mass is 10.1. The number of unbranched alkanes of at least 4 members (excludes halogenated alkanes) is 10. The molecule has 0 spiro atoms. The van der Waals surface area contributed by atoms with Gasteiger partial charge in [-0.05, 0) is 19.3 Å². The molecule has 7 nitrogen and oxygen atoms in total. The van der Waals surface area contributed by atoms with Gasteiger partial charge in [-0.3, -0.25) is 4.48 Å². The number of quaternary nitrogens is 1. The van der Waals surface area contributed by atoms with Crippen molar-refractivity contribution in [1.82, 2.24) is 0 Å². The van der Waals surface area contributed by atoms with Gasteiger partial charge in [0, 0.05) is 6.42 Å². The summed E-state index contributed by atoms with van der Waals surface area (Å²) in [6.07, 6.45) is 18.0. The van der Waals surface area contributed by atoms with Gasteiger partial charge in [-0.1, -0.05) is 70.4 Å². The lowest BCUT2D eigenvalue weighted by Gasteiger charge is -2.34. The Labute approximate surface area is 175 Å². The standard InChI is InChI=1S/C22H39NO6/c1-2-3-4-5-6-7-8-9-10-11-12-13-14-15-16-23(17-20(24)25,18-21(26)27)19-22(28)29/h12-13H,2-11,14-19H2,1H3,(H2-,24,25,26,27,28,29)/p+1/b13-12+. The zero-order valence-corrected chi connectivity index (χ0v) is 18.0. The Morgan fingerprint density at radius 2 is 1.00 bits per heavy atom. The summed E-state index contributed by atoms with van der Waals surface area (Å²) in [6.45, 7) is 0.945. The van der Waals surface area contributed by atoms with E-state index in [0.717, 1.165) is 12.8 Å². The fourth-order valence-corrected chi connectivity index (χ4v) is 3.62. The van der Waals surface area contributed by atoms with Crippen molar-refractivity contribution in [3.05, 3.63) is 12.2 Å². The van der Waals surface area contributed by atoms with Gasteiger partial charge in [-0.2, -0.15) is 0 Å². The van der Waals surface area contributed by atoms with Crippen LogP contribution in [0, 0.1) is 0 Å². The van der Waals surface area contributed by atoms with Crippen molar-refractivity contribution in [3.63, 3.8) is 0 Å². The van der Waals surface area contributed by atoms with E-state index >= 15 is 0 Å². The minimum atomic E-state index is -1.19. The molecule has 0 bridgehead atoms. The molecule has 0 aromatic heterocycles. The average molecular weight is 415 g/mol. The van der Waals surface area contributed by atoms with Crippen molar-refractivity contribution >= 4 is 17.9 Å². The first-order chi connectivity index (χ1) is 13.8. The Morgan fingerprint density at radius 1 is 0.621 bits per heavy atom. The molecular weight excluding hydrogens is 374 g/mol. The molecule has 0 aliphatic rings. The number of carboxylic acid groups (broad SMARTS) is 3. The molecule has 0 radical (unpaired) electrons. The number of hydrogen-bond donors (Lipinski definition) is 3.